The first-order valence-electron chi connectivity index (χ1n) is 7.28. The molecular formula is C18H21NO3. The van der Waals surface area contributed by atoms with E-state index >= 15 is 0 Å². The molecule has 0 heterocycles. The Morgan fingerprint density at radius 3 is 2.50 bits per heavy atom. The molecule has 0 aliphatic rings. The molecule has 0 atom stereocenters. The van der Waals surface area contributed by atoms with Gasteiger partial charge in [0.25, 0.3) is 5.91 Å². The number of carbonyl (C=O) groups is 1. The van der Waals surface area contributed by atoms with E-state index in [4.69, 9.17) is 4.74 Å². The van der Waals surface area contributed by atoms with Crippen LogP contribution in [0, 0.1) is 6.92 Å². The molecule has 4 heteroatoms. The van der Waals surface area contributed by atoms with Crippen molar-refractivity contribution in [1.29, 1.82) is 0 Å². The molecule has 2 aromatic rings. The molecule has 2 aromatic carbocycles. The zero-order valence-corrected chi connectivity index (χ0v) is 13.2. The largest absolute Gasteiger partial charge is 0.507 e. The average molecular weight is 299 g/mol. The van der Waals surface area contributed by atoms with Crippen molar-refractivity contribution in [3.63, 3.8) is 0 Å². The summed E-state index contributed by atoms with van der Waals surface area (Å²) in [5, 5.41) is 9.85. The second kappa shape index (κ2) is 6.98. The number of rotatable bonds is 5. The first-order valence-corrected chi connectivity index (χ1v) is 7.28. The Hall–Kier alpha value is -2.49. The van der Waals surface area contributed by atoms with E-state index in [-0.39, 0.29) is 11.7 Å². The minimum absolute atomic E-state index is 0.00847. The Morgan fingerprint density at radius 1 is 1.18 bits per heavy atom. The second-order valence-electron chi connectivity index (χ2n) is 5.26. The number of phenols is 1. The van der Waals surface area contributed by atoms with Gasteiger partial charge in [-0.1, -0.05) is 23.8 Å². The predicted molar refractivity (Wildman–Crippen MR) is 86.3 cm³/mol. The van der Waals surface area contributed by atoms with Crippen LogP contribution in [0.25, 0.3) is 0 Å². The topological polar surface area (TPSA) is 49.8 Å². The fourth-order valence-electron chi connectivity index (χ4n) is 2.23. The lowest BCUT2D eigenvalue weighted by molar-refractivity contribution is 0.0782. The molecule has 2 rings (SSSR count). The highest BCUT2D eigenvalue weighted by atomic mass is 16.5. The molecule has 0 spiro atoms. The monoisotopic (exact) mass is 299 g/mol. The molecule has 116 valence electrons. The maximum Gasteiger partial charge on any atom is 0.257 e. The van der Waals surface area contributed by atoms with Gasteiger partial charge in [0.1, 0.15) is 11.5 Å². The number of aromatic hydroxyl groups is 1. The van der Waals surface area contributed by atoms with Crippen LogP contribution in [0.5, 0.6) is 11.5 Å². The van der Waals surface area contributed by atoms with Gasteiger partial charge < -0.3 is 14.7 Å². The molecule has 0 aliphatic heterocycles. The third-order valence-corrected chi connectivity index (χ3v) is 3.38. The first kappa shape index (κ1) is 15.9. The Kier molecular flexibility index (Phi) is 5.04. The number of ether oxygens (including phenoxy) is 1. The van der Waals surface area contributed by atoms with E-state index in [2.05, 4.69) is 0 Å². The lowest BCUT2D eigenvalue weighted by Gasteiger charge is -2.18. The third-order valence-electron chi connectivity index (χ3n) is 3.38. The molecule has 4 nitrogen and oxygen atoms in total. The normalized spacial score (nSPS) is 10.3. The molecule has 0 saturated carbocycles. The van der Waals surface area contributed by atoms with Gasteiger partial charge in [0.2, 0.25) is 0 Å². The van der Waals surface area contributed by atoms with Crippen molar-refractivity contribution < 1.29 is 14.6 Å². The number of amides is 1. The van der Waals surface area contributed by atoms with Crippen LogP contribution >= 0.6 is 0 Å². The highest BCUT2D eigenvalue weighted by molar-refractivity contribution is 5.96. The highest BCUT2D eigenvalue weighted by Crippen LogP contribution is 2.21. The Bertz CT molecular complexity index is 650. The Balaban J connectivity index is 2.09. The van der Waals surface area contributed by atoms with Crippen molar-refractivity contribution >= 4 is 5.91 Å². The molecule has 0 aliphatic carbocycles. The van der Waals surface area contributed by atoms with Gasteiger partial charge >= 0.3 is 0 Å². The predicted octanol–water partition coefficient (Wildman–Crippen LogP) is 3.37. The summed E-state index contributed by atoms with van der Waals surface area (Å²) < 4.78 is 5.40. The molecule has 0 aromatic heterocycles. The van der Waals surface area contributed by atoms with Gasteiger partial charge in [-0.05, 0) is 43.7 Å². The van der Waals surface area contributed by atoms with Crippen LogP contribution in [0.2, 0.25) is 0 Å². The summed E-state index contributed by atoms with van der Waals surface area (Å²) in [5.41, 5.74) is 2.27. The summed E-state index contributed by atoms with van der Waals surface area (Å²) >= 11 is 0. The number of hydrogen-bond acceptors (Lipinski definition) is 3. The van der Waals surface area contributed by atoms with Gasteiger partial charge in [0.15, 0.2) is 0 Å². The maximum atomic E-state index is 12.4. The van der Waals surface area contributed by atoms with Gasteiger partial charge in [-0.2, -0.15) is 0 Å². The van der Waals surface area contributed by atoms with Crippen molar-refractivity contribution in [3.8, 4) is 11.5 Å². The fourth-order valence-corrected chi connectivity index (χ4v) is 2.23. The minimum atomic E-state index is -0.199. The van der Waals surface area contributed by atoms with Crippen LogP contribution in [0.4, 0.5) is 0 Å². The van der Waals surface area contributed by atoms with Crippen LogP contribution < -0.4 is 4.74 Å². The molecule has 0 bridgehead atoms. The lowest BCUT2D eigenvalue weighted by atomic mass is 10.1. The number of phenolic OH excluding ortho intramolecular Hbond substituents is 1. The Morgan fingerprint density at radius 2 is 1.86 bits per heavy atom. The van der Waals surface area contributed by atoms with Crippen LogP contribution in [-0.4, -0.2) is 29.6 Å². The van der Waals surface area contributed by atoms with Gasteiger partial charge in [0.05, 0.1) is 12.2 Å². The fraction of sp³-hybridized carbons (Fsp3) is 0.278. The molecule has 0 saturated heterocycles. The number of carbonyl (C=O) groups excluding carboxylic acids is 1. The molecular weight excluding hydrogens is 278 g/mol. The number of nitrogens with zero attached hydrogens (tertiary/aromatic N) is 1. The number of benzene rings is 2. The maximum absolute atomic E-state index is 12.4. The molecule has 22 heavy (non-hydrogen) atoms. The van der Waals surface area contributed by atoms with Crippen molar-refractivity contribution in [2.24, 2.45) is 0 Å². The SMILES string of the molecule is CCOc1ccc(CN(C)C(=O)c2cc(C)ccc2O)cc1. The summed E-state index contributed by atoms with van der Waals surface area (Å²) in [4.78, 5) is 14.0. The quantitative estimate of drug-likeness (QED) is 0.921. The van der Waals surface area contributed by atoms with Crippen molar-refractivity contribution in [1.82, 2.24) is 4.90 Å². The van der Waals surface area contributed by atoms with E-state index in [1.54, 1.807) is 30.1 Å². The molecule has 1 N–H and O–H groups in total. The van der Waals surface area contributed by atoms with E-state index < -0.39 is 0 Å². The molecule has 1 amide bonds. The average Bonchev–Trinajstić information content (AvgIpc) is 2.51. The summed E-state index contributed by atoms with van der Waals surface area (Å²) in [5.74, 6) is 0.626. The van der Waals surface area contributed by atoms with Crippen molar-refractivity contribution in [2.75, 3.05) is 13.7 Å². The lowest BCUT2D eigenvalue weighted by Crippen LogP contribution is -2.26. The van der Waals surface area contributed by atoms with E-state index in [0.29, 0.717) is 18.7 Å². The summed E-state index contributed by atoms with van der Waals surface area (Å²) in [7, 11) is 1.72. The van der Waals surface area contributed by atoms with Crippen LogP contribution in [-0.2, 0) is 6.54 Å². The summed E-state index contributed by atoms with van der Waals surface area (Å²) in [6, 6.07) is 12.7. The third kappa shape index (κ3) is 3.79. The van der Waals surface area contributed by atoms with Crippen LogP contribution in [0.3, 0.4) is 0 Å². The van der Waals surface area contributed by atoms with Gasteiger partial charge in [-0.3, -0.25) is 4.79 Å². The zero-order chi connectivity index (χ0) is 16.1. The van der Waals surface area contributed by atoms with Gasteiger partial charge in [-0.15, -0.1) is 0 Å². The molecule has 0 fully saturated rings. The summed E-state index contributed by atoms with van der Waals surface area (Å²) in [6.45, 7) is 4.93. The van der Waals surface area contributed by atoms with Crippen LogP contribution in [0.1, 0.15) is 28.4 Å². The first-order chi connectivity index (χ1) is 10.5. The van der Waals surface area contributed by atoms with E-state index in [0.717, 1.165) is 16.9 Å². The standard InChI is InChI=1S/C18H21NO3/c1-4-22-15-8-6-14(7-9-15)12-19(3)18(21)16-11-13(2)5-10-17(16)20/h5-11,20H,4,12H2,1-3H3. The Labute approximate surface area is 131 Å². The molecule has 0 unspecified atom stereocenters. The van der Waals surface area contributed by atoms with E-state index in [9.17, 15) is 9.90 Å². The van der Waals surface area contributed by atoms with Crippen LogP contribution in [0.15, 0.2) is 42.5 Å². The van der Waals surface area contributed by atoms with Crippen molar-refractivity contribution in [2.45, 2.75) is 20.4 Å². The van der Waals surface area contributed by atoms with E-state index in [1.807, 2.05) is 38.1 Å². The van der Waals surface area contributed by atoms with Gasteiger partial charge in [0, 0.05) is 13.6 Å². The van der Waals surface area contributed by atoms with E-state index in [1.165, 1.54) is 0 Å². The number of hydrogen-bond donors (Lipinski definition) is 1. The number of aryl methyl sites for hydroxylation is 1. The minimum Gasteiger partial charge on any atom is -0.507 e. The zero-order valence-electron chi connectivity index (χ0n) is 13.2. The smallest absolute Gasteiger partial charge is 0.257 e. The summed E-state index contributed by atoms with van der Waals surface area (Å²) in [6.07, 6.45) is 0. The molecule has 0 radical (unpaired) electrons. The highest BCUT2D eigenvalue weighted by Gasteiger charge is 2.16. The second-order valence-corrected chi connectivity index (χ2v) is 5.26. The van der Waals surface area contributed by atoms with Crippen molar-refractivity contribution in [3.05, 3.63) is 59.2 Å². The van der Waals surface area contributed by atoms with Gasteiger partial charge in [-0.25, -0.2) is 0 Å².